The zero-order valence-corrected chi connectivity index (χ0v) is 22.2. The molecular weight excluding hydrogens is 450 g/mol. The maximum absolute atomic E-state index is 12.9. The van der Waals surface area contributed by atoms with Crippen LogP contribution in [-0.2, 0) is 11.0 Å². The summed E-state index contributed by atoms with van der Waals surface area (Å²) in [5.74, 6) is -0.288. The number of rotatable bonds is 9. The summed E-state index contributed by atoms with van der Waals surface area (Å²) < 4.78 is 22.7. The molecule has 3 aromatic rings. The van der Waals surface area contributed by atoms with Crippen LogP contribution in [0.4, 0.5) is 0 Å². The molecule has 0 saturated heterocycles. The van der Waals surface area contributed by atoms with Crippen molar-refractivity contribution in [3.05, 3.63) is 89.0 Å². The molecule has 168 valence electrons. The molecule has 0 amide bonds. The van der Waals surface area contributed by atoms with Gasteiger partial charge in [-0.25, -0.2) is 4.57 Å². The maximum Gasteiger partial charge on any atom is 1.00 e. The molecule has 2 atom stereocenters. The second-order valence-corrected chi connectivity index (χ2v) is 9.05. The van der Waals surface area contributed by atoms with E-state index < -0.39 is 7.82 Å². The molecule has 0 aliphatic rings. The Labute approximate surface area is 216 Å². The van der Waals surface area contributed by atoms with Gasteiger partial charge < -0.3 is 19.0 Å². The molecule has 8 heteroatoms. The Bertz CT molecular complexity index is 1140. The molecule has 0 radical (unpaired) electrons. The SMILES string of the molecule is CCC(Cc1cccc(OP(=O)([O-])Oc2cc(C)cc(C)c2)c1)C(=O)c1ccccc1O.[Na+]. The van der Waals surface area contributed by atoms with Crippen LogP contribution in [0, 0.1) is 19.8 Å². The minimum atomic E-state index is -4.66. The van der Waals surface area contributed by atoms with Gasteiger partial charge in [0.25, 0.3) is 0 Å². The number of phosphoric acid groups is 1. The molecule has 0 aromatic heterocycles. The summed E-state index contributed by atoms with van der Waals surface area (Å²) in [7, 11) is -4.66. The molecule has 3 aromatic carbocycles. The van der Waals surface area contributed by atoms with Crippen LogP contribution >= 0.6 is 7.82 Å². The molecule has 0 aliphatic heterocycles. The first-order chi connectivity index (χ1) is 15.2. The van der Waals surface area contributed by atoms with Crippen molar-refractivity contribution in [3.8, 4) is 17.2 Å². The quantitative estimate of drug-likeness (QED) is 0.290. The smallest absolute Gasteiger partial charge is 0.736 e. The van der Waals surface area contributed by atoms with E-state index in [1.165, 1.54) is 12.1 Å². The molecule has 0 saturated carbocycles. The molecular formula is C25H26NaO6P. The van der Waals surface area contributed by atoms with E-state index in [2.05, 4.69) is 0 Å². The summed E-state index contributed by atoms with van der Waals surface area (Å²) >= 11 is 0. The number of benzene rings is 3. The summed E-state index contributed by atoms with van der Waals surface area (Å²) in [6, 6.07) is 18.2. The first kappa shape index (κ1) is 27.2. The summed E-state index contributed by atoms with van der Waals surface area (Å²) in [6.45, 7) is 5.59. The van der Waals surface area contributed by atoms with Crippen molar-refractivity contribution in [2.24, 2.45) is 5.92 Å². The number of hydrogen-bond acceptors (Lipinski definition) is 6. The van der Waals surface area contributed by atoms with E-state index in [-0.39, 0.29) is 64.1 Å². The Morgan fingerprint density at radius 1 is 0.970 bits per heavy atom. The summed E-state index contributed by atoms with van der Waals surface area (Å²) in [5, 5.41) is 10.00. The first-order valence-corrected chi connectivity index (χ1v) is 11.8. The Hall–Kier alpha value is -2.08. The van der Waals surface area contributed by atoms with Crippen LogP contribution < -0.4 is 43.5 Å². The minimum Gasteiger partial charge on any atom is -0.736 e. The third kappa shape index (κ3) is 7.73. The van der Waals surface area contributed by atoms with Gasteiger partial charge in [-0.15, -0.1) is 0 Å². The minimum absolute atomic E-state index is 0. The van der Waals surface area contributed by atoms with Gasteiger partial charge in [0.1, 0.15) is 17.2 Å². The summed E-state index contributed by atoms with van der Waals surface area (Å²) in [4.78, 5) is 25.3. The number of ketones is 1. The van der Waals surface area contributed by atoms with Gasteiger partial charge in [-0.3, -0.25) is 4.79 Å². The molecule has 3 rings (SSSR count). The molecule has 33 heavy (non-hydrogen) atoms. The Morgan fingerprint density at radius 3 is 2.24 bits per heavy atom. The first-order valence-electron chi connectivity index (χ1n) is 10.4. The van der Waals surface area contributed by atoms with Crippen LogP contribution in [0.15, 0.2) is 66.7 Å². The van der Waals surface area contributed by atoms with Crippen LogP contribution in [0.1, 0.15) is 40.4 Å². The number of phosphoric ester groups is 1. The molecule has 1 N–H and O–H groups in total. The Balaban J connectivity index is 0.00000385. The number of Topliss-reactive ketones (excluding diaryl/α,β-unsaturated/α-hetero) is 1. The number of para-hydroxylation sites is 1. The standard InChI is InChI=1S/C25H27O6P.Na/c1-4-20(25(27)23-10-5-6-11-24(23)26)15-19-8-7-9-21(16-19)30-32(28,29)31-22-13-17(2)12-18(3)14-22;/h5-14,16,20,26H,4,15H2,1-3H3,(H,28,29);/q;+1/p-1. The fourth-order valence-electron chi connectivity index (χ4n) is 3.60. The number of phenolic OH excluding ortho intramolecular Hbond substituents is 1. The van der Waals surface area contributed by atoms with Crippen LogP contribution in [-0.4, -0.2) is 10.9 Å². The van der Waals surface area contributed by atoms with Crippen LogP contribution in [0.5, 0.6) is 17.2 Å². The van der Waals surface area contributed by atoms with Gasteiger partial charge in [0.2, 0.25) is 0 Å². The van der Waals surface area contributed by atoms with E-state index in [1.54, 1.807) is 48.5 Å². The van der Waals surface area contributed by atoms with Crippen molar-refractivity contribution < 1.29 is 58.0 Å². The van der Waals surface area contributed by atoms with Crippen molar-refractivity contribution in [1.29, 1.82) is 0 Å². The van der Waals surface area contributed by atoms with E-state index in [0.29, 0.717) is 12.8 Å². The maximum atomic E-state index is 12.9. The molecule has 6 nitrogen and oxygen atoms in total. The largest absolute Gasteiger partial charge is 1.00 e. The number of carbonyl (C=O) groups excluding carboxylic acids is 1. The topological polar surface area (TPSA) is 95.9 Å². The van der Waals surface area contributed by atoms with Gasteiger partial charge >= 0.3 is 37.4 Å². The third-order valence-electron chi connectivity index (χ3n) is 5.04. The Kier molecular flexibility index (Phi) is 9.77. The zero-order valence-electron chi connectivity index (χ0n) is 19.3. The molecule has 0 heterocycles. The average Bonchev–Trinajstić information content (AvgIpc) is 2.70. The van der Waals surface area contributed by atoms with E-state index in [9.17, 15) is 19.4 Å². The number of carbonyl (C=O) groups is 1. The monoisotopic (exact) mass is 476 g/mol. The Morgan fingerprint density at radius 2 is 1.61 bits per heavy atom. The van der Waals surface area contributed by atoms with Crippen molar-refractivity contribution in [2.75, 3.05) is 0 Å². The fraction of sp³-hybridized carbons (Fsp3) is 0.240. The number of aromatic hydroxyl groups is 1. The van der Waals surface area contributed by atoms with Crippen LogP contribution in [0.25, 0.3) is 0 Å². The second-order valence-electron chi connectivity index (χ2n) is 7.79. The average molecular weight is 476 g/mol. The molecule has 0 fully saturated rings. The fourth-order valence-corrected chi connectivity index (χ4v) is 4.37. The van der Waals surface area contributed by atoms with E-state index in [4.69, 9.17) is 9.05 Å². The van der Waals surface area contributed by atoms with E-state index in [1.807, 2.05) is 26.8 Å². The molecule has 2 unspecified atom stereocenters. The normalized spacial score (nSPS) is 13.3. The van der Waals surface area contributed by atoms with Crippen molar-refractivity contribution in [2.45, 2.75) is 33.6 Å². The van der Waals surface area contributed by atoms with Gasteiger partial charge in [0, 0.05) is 5.92 Å². The van der Waals surface area contributed by atoms with E-state index >= 15 is 0 Å². The van der Waals surface area contributed by atoms with Gasteiger partial charge in [0.05, 0.1) is 5.56 Å². The van der Waals surface area contributed by atoms with Gasteiger partial charge in [-0.1, -0.05) is 37.3 Å². The number of aryl methyl sites for hydroxylation is 2. The number of phenols is 1. The molecule has 0 spiro atoms. The van der Waals surface area contributed by atoms with Gasteiger partial charge in [0.15, 0.2) is 5.78 Å². The van der Waals surface area contributed by atoms with Gasteiger partial charge in [-0.2, -0.15) is 0 Å². The molecule has 0 aliphatic carbocycles. The van der Waals surface area contributed by atoms with E-state index in [0.717, 1.165) is 16.7 Å². The van der Waals surface area contributed by atoms with Crippen LogP contribution in [0.3, 0.4) is 0 Å². The second kappa shape index (κ2) is 11.9. The molecule has 0 bridgehead atoms. The van der Waals surface area contributed by atoms with Crippen LogP contribution in [0.2, 0.25) is 0 Å². The van der Waals surface area contributed by atoms with Crippen molar-refractivity contribution >= 4 is 13.6 Å². The zero-order chi connectivity index (χ0) is 23.3. The summed E-state index contributed by atoms with van der Waals surface area (Å²) in [6.07, 6.45) is 0.941. The number of hydrogen-bond donors (Lipinski definition) is 1. The predicted octanol–water partition coefficient (Wildman–Crippen LogP) is 2.39. The van der Waals surface area contributed by atoms with Crippen molar-refractivity contribution in [3.63, 3.8) is 0 Å². The predicted molar refractivity (Wildman–Crippen MR) is 121 cm³/mol. The summed E-state index contributed by atoms with van der Waals surface area (Å²) in [5.41, 5.74) is 2.77. The van der Waals surface area contributed by atoms with Crippen molar-refractivity contribution in [1.82, 2.24) is 0 Å². The van der Waals surface area contributed by atoms with Gasteiger partial charge in [-0.05, 0) is 79.8 Å². The third-order valence-corrected chi connectivity index (χ3v) is 5.91.